The monoisotopic (exact) mass is 397 g/mol. The van der Waals surface area contributed by atoms with Crippen molar-refractivity contribution in [3.05, 3.63) is 48.0 Å². The molecule has 150 valence electrons. The summed E-state index contributed by atoms with van der Waals surface area (Å²) in [5.41, 5.74) is -1.02. The van der Waals surface area contributed by atoms with Crippen LogP contribution in [0, 0.1) is 0 Å². The molecule has 0 saturated carbocycles. The van der Waals surface area contributed by atoms with E-state index >= 15 is 0 Å². The maximum absolute atomic E-state index is 13.0. The molecule has 0 fully saturated rings. The van der Waals surface area contributed by atoms with Crippen LogP contribution in [-0.2, 0) is 15.7 Å². The lowest BCUT2D eigenvalue weighted by atomic mass is 10.1. The van der Waals surface area contributed by atoms with Gasteiger partial charge in [0.1, 0.15) is 19.0 Å². The molecular weight excluding hydrogens is 379 g/mol. The van der Waals surface area contributed by atoms with Gasteiger partial charge in [-0.3, -0.25) is 4.79 Å². The topological polar surface area (TPSA) is 66.0 Å². The van der Waals surface area contributed by atoms with Gasteiger partial charge in [-0.05, 0) is 30.3 Å². The third-order valence-electron chi connectivity index (χ3n) is 3.91. The molecule has 9 heteroatoms. The predicted molar refractivity (Wildman–Crippen MR) is 93.8 cm³/mol. The van der Waals surface area contributed by atoms with E-state index in [9.17, 15) is 18.0 Å². The summed E-state index contributed by atoms with van der Waals surface area (Å²) in [7, 11) is 1.47. The molecule has 2 aromatic rings. The summed E-state index contributed by atoms with van der Waals surface area (Å²) in [6, 6.07) is 9.66. The number of fused-ring (bicyclic) bond motifs is 1. The highest BCUT2D eigenvalue weighted by molar-refractivity contribution is 5.96. The van der Waals surface area contributed by atoms with Crippen molar-refractivity contribution in [2.24, 2.45) is 0 Å². The fourth-order valence-corrected chi connectivity index (χ4v) is 2.53. The third kappa shape index (κ3) is 4.66. The first-order valence-corrected chi connectivity index (χ1v) is 8.41. The molecule has 0 spiro atoms. The zero-order valence-electron chi connectivity index (χ0n) is 14.9. The molecule has 1 atom stereocenters. The Morgan fingerprint density at radius 3 is 2.64 bits per heavy atom. The van der Waals surface area contributed by atoms with Crippen LogP contribution in [0.15, 0.2) is 42.5 Å². The summed E-state index contributed by atoms with van der Waals surface area (Å²) in [6.07, 6.45) is -5.58. The lowest BCUT2D eigenvalue weighted by Crippen LogP contribution is -2.40. The van der Waals surface area contributed by atoms with Crippen molar-refractivity contribution in [3.63, 3.8) is 0 Å². The summed E-state index contributed by atoms with van der Waals surface area (Å²) in [5.74, 6) is 0.324. The van der Waals surface area contributed by atoms with Gasteiger partial charge >= 0.3 is 6.18 Å². The fraction of sp³-hybridized carbons (Fsp3) is 0.316. The van der Waals surface area contributed by atoms with Crippen LogP contribution in [0.1, 0.15) is 5.56 Å². The Bertz CT molecular complexity index is 841. The molecule has 2 aromatic carbocycles. The highest BCUT2D eigenvalue weighted by Crippen LogP contribution is 2.36. The van der Waals surface area contributed by atoms with Crippen LogP contribution < -0.4 is 19.5 Å². The molecule has 0 unspecified atom stereocenters. The van der Waals surface area contributed by atoms with Crippen LogP contribution >= 0.6 is 0 Å². The SMILES string of the molecule is COCCOc1ccc(C(F)(F)F)cc1NC(=O)[C@@H]1COc2ccccc2O1. The lowest BCUT2D eigenvalue weighted by Gasteiger charge is -2.26. The Labute approximate surface area is 159 Å². The molecule has 28 heavy (non-hydrogen) atoms. The number of nitrogens with one attached hydrogen (secondary N) is 1. The molecule has 0 aromatic heterocycles. The number of rotatable bonds is 6. The van der Waals surface area contributed by atoms with E-state index in [4.69, 9.17) is 18.9 Å². The minimum atomic E-state index is -4.56. The van der Waals surface area contributed by atoms with Gasteiger partial charge in [-0.1, -0.05) is 12.1 Å². The van der Waals surface area contributed by atoms with Crippen LogP contribution in [0.25, 0.3) is 0 Å². The van der Waals surface area contributed by atoms with E-state index in [1.165, 1.54) is 7.11 Å². The zero-order chi connectivity index (χ0) is 20.1. The molecule has 0 saturated heterocycles. The number of ether oxygens (including phenoxy) is 4. The number of carbonyl (C=O) groups is 1. The Morgan fingerprint density at radius 2 is 1.93 bits per heavy atom. The van der Waals surface area contributed by atoms with Gasteiger partial charge in [0.2, 0.25) is 6.10 Å². The van der Waals surface area contributed by atoms with Crippen molar-refractivity contribution in [1.82, 2.24) is 0 Å². The van der Waals surface area contributed by atoms with Crippen molar-refractivity contribution >= 4 is 11.6 Å². The number of hydrogen-bond acceptors (Lipinski definition) is 5. The molecule has 1 heterocycles. The Kier molecular flexibility index (Phi) is 5.93. The van der Waals surface area contributed by atoms with Crippen molar-refractivity contribution in [3.8, 4) is 17.2 Å². The molecular formula is C19H18F3NO5. The average molecular weight is 397 g/mol. The second kappa shape index (κ2) is 8.39. The second-order valence-corrected chi connectivity index (χ2v) is 5.90. The number of hydrogen-bond donors (Lipinski definition) is 1. The van der Waals surface area contributed by atoms with Crippen LogP contribution in [0.3, 0.4) is 0 Å². The molecule has 0 bridgehead atoms. The number of halogens is 3. The maximum Gasteiger partial charge on any atom is 0.416 e. The van der Waals surface area contributed by atoms with E-state index in [-0.39, 0.29) is 31.3 Å². The van der Waals surface area contributed by atoms with Gasteiger partial charge in [0, 0.05) is 7.11 Å². The summed E-state index contributed by atoms with van der Waals surface area (Å²) < 4.78 is 60.5. The average Bonchev–Trinajstić information content (AvgIpc) is 2.68. The second-order valence-electron chi connectivity index (χ2n) is 5.90. The first-order chi connectivity index (χ1) is 13.4. The van der Waals surface area contributed by atoms with Gasteiger partial charge in [-0.15, -0.1) is 0 Å². The molecule has 1 aliphatic rings. The largest absolute Gasteiger partial charge is 0.489 e. The molecule has 6 nitrogen and oxygen atoms in total. The number of alkyl halides is 3. The minimum absolute atomic E-state index is 0.0678. The standard InChI is InChI=1S/C19H18F3NO5/c1-25-8-9-26-14-7-6-12(19(20,21)22)10-13(14)23-18(24)17-11-27-15-4-2-3-5-16(15)28-17/h2-7,10,17H,8-9,11H2,1H3,(H,23,24)/t17-/m0/s1. The van der Waals surface area contributed by atoms with Gasteiger partial charge in [0.15, 0.2) is 11.5 Å². The summed E-state index contributed by atoms with van der Waals surface area (Å²) in [5, 5.41) is 2.44. The Morgan fingerprint density at radius 1 is 1.18 bits per heavy atom. The van der Waals surface area contributed by atoms with Crippen LogP contribution in [-0.4, -0.2) is 38.9 Å². The van der Waals surface area contributed by atoms with E-state index < -0.39 is 23.8 Å². The summed E-state index contributed by atoms with van der Waals surface area (Å²) >= 11 is 0. The van der Waals surface area contributed by atoms with Gasteiger partial charge < -0.3 is 24.3 Å². The van der Waals surface area contributed by atoms with E-state index in [2.05, 4.69) is 5.32 Å². The van der Waals surface area contributed by atoms with Gasteiger partial charge in [-0.2, -0.15) is 13.2 Å². The highest BCUT2D eigenvalue weighted by Gasteiger charge is 2.32. The van der Waals surface area contributed by atoms with E-state index in [0.29, 0.717) is 11.5 Å². The number of anilines is 1. The molecule has 1 amide bonds. The normalized spacial score (nSPS) is 15.8. The van der Waals surface area contributed by atoms with Crippen molar-refractivity contribution in [2.45, 2.75) is 12.3 Å². The van der Waals surface area contributed by atoms with E-state index in [1.54, 1.807) is 24.3 Å². The van der Waals surface area contributed by atoms with E-state index in [1.807, 2.05) is 0 Å². The van der Waals surface area contributed by atoms with Gasteiger partial charge in [-0.25, -0.2) is 0 Å². The van der Waals surface area contributed by atoms with E-state index in [0.717, 1.165) is 18.2 Å². The van der Waals surface area contributed by atoms with Gasteiger partial charge in [0.25, 0.3) is 5.91 Å². The Hall–Kier alpha value is -2.94. The first kappa shape index (κ1) is 19.8. The number of benzene rings is 2. The third-order valence-corrected chi connectivity index (χ3v) is 3.91. The summed E-state index contributed by atoms with van der Waals surface area (Å²) in [6.45, 7) is 0.285. The Balaban J connectivity index is 1.78. The van der Waals surface area contributed by atoms with Crippen LogP contribution in [0.4, 0.5) is 18.9 Å². The van der Waals surface area contributed by atoms with Crippen LogP contribution in [0.2, 0.25) is 0 Å². The number of para-hydroxylation sites is 2. The molecule has 3 rings (SSSR count). The quantitative estimate of drug-likeness (QED) is 0.756. The maximum atomic E-state index is 13.0. The fourth-order valence-electron chi connectivity index (χ4n) is 2.53. The number of amides is 1. The number of carbonyl (C=O) groups excluding carboxylic acids is 1. The first-order valence-electron chi connectivity index (χ1n) is 8.41. The van der Waals surface area contributed by atoms with Crippen molar-refractivity contribution < 1.29 is 36.9 Å². The lowest BCUT2D eigenvalue weighted by molar-refractivity contribution is -0.137. The van der Waals surface area contributed by atoms with Crippen LogP contribution in [0.5, 0.6) is 17.2 Å². The molecule has 0 aliphatic carbocycles. The predicted octanol–water partition coefficient (Wildman–Crippen LogP) is 3.51. The molecule has 0 radical (unpaired) electrons. The van der Waals surface area contributed by atoms with Crippen molar-refractivity contribution in [2.75, 3.05) is 32.2 Å². The zero-order valence-corrected chi connectivity index (χ0v) is 14.9. The minimum Gasteiger partial charge on any atom is -0.489 e. The molecule has 1 aliphatic heterocycles. The van der Waals surface area contributed by atoms with Gasteiger partial charge in [0.05, 0.1) is 17.9 Å². The summed E-state index contributed by atoms with van der Waals surface area (Å²) in [4.78, 5) is 12.5. The van der Waals surface area contributed by atoms with Crippen molar-refractivity contribution in [1.29, 1.82) is 0 Å². The highest BCUT2D eigenvalue weighted by atomic mass is 19.4. The number of methoxy groups -OCH3 is 1. The smallest absolute Gasteiger partial charge is 0.416 e. The molecule has 1 N–H and O–H groups in total.